The normalized spacial score (nSPS) is 24.5. The average Bonchev–Trinajstić information content (AvgIpc) is 2.34. The van der Waals surface area contributed by atoms with Gasteiger partial charge in [0.1, 0.15) is 5.84 Å². The number of aliphatic imine (C=N–C) groups is 1. The lowest BCUT2D eigenvalue weighted by Gasteiger charge is -2.26. The van der Waals surface area contributed by atoms with Crippen LogP contribution in [0.5, 0.6) is 0 Å². The Hall–Kier alpha value is 0.0700. The van der Waals surface area contributed by atoms with Gasteiger partial charge in [0, 0.05) is 30.1 Å². The zero-order valence-electron chi connectivity index (χ0n) is 10.6. The van der Waals surface area contributed by atoms with Gasteiger partial charge in [0.15, 0.2) is 0 Å². The molecule has 6 nitrogen and oxygen atoms in total. The zero-order valence-corrected chi connectivity index (χ0v) is 13.2. The molecule has 9 heteroatoms. The summed E-state index contributed by atoms with van der Waals surface area (Å²) in [6.45, 7) is 1.18. The van der Waals surface area contributed by atoms with Gasteiger partial charge in [-0.15, -0.1) is 0 Å². The summed E-state index contributed by atoms with van der Waals surface area (Å²) in [5.74, 6) is 2.37. The largest absolute Gasteiger partial charge is 0.396 e. The highest BCUT2D eigenvalue weighted by atomic mass is 32.9. The highest BCUT2D eigenvalue weighted by Crippen LogP contribution is 2.28. The van der Waals surface area contributed by atoms with Gasteiger partial charge in [-0.1, -0.05) is 0 Å². The summed E-state index contributed by atoms with van der Waals surface area (Å²) in [4.78, 5) is 4.27. The molecule has 0 atom stereocenters. The first-order valence-corrected chi connectivity index (χ1v) is 8.99. The third-order valence-corrected chi connectivity index (χ3v) is 3.26. The first-order chi connectivity index (χ1) is 8.76. The van der Waals surface area contributed by atoms with E-state index in [-0.39, 0.29) is 0 Å². The summed E-state index contributed by atoms with van der Waals surface area (Å²) in [5, 5.41) is 8.98. The number of nitrogens with two attached hydrogens (primary N) is 1. The Balaban J connectivity index is 0.000000555. The van der Waals surface area contributed by atoms with Gasteiger partial charge in [-0.2, -0.15) is 16.8 Å². The van der Waals surface area contributed by atoms with Crippen LogP contribution in [0.3, 0.4) is 0 Å². The third kappa shape index (κ3) is 12.8. The maximum absolute atomic E-state index is 9.11. The number of thiol groups is 1. The Kier molecular flexibility index (Phi) is 9.93. The summed E-state index contributed by atoms with van der Waals surface area (Å²) in [6, 6.07) is 0. The van der Waals surface area contributed by atoms with Gasteiger partial charge in [0.2, 0.25) is 0 Å². The van der Waals surface area contributed by atoms with Gasteiger partial charge in [0.05, 0.1) is 0 Å². The van der Waals surface area contributed by atoms with E-state index in [2.05, 4.69) is 28.8 Å². The number of nitrogens with zero attached hydrogens (tertiary/aromatic N) is 1. The molecule has 1 rings (SSSR count). The van der Waals surface area contributed by atoms with Crippen molar-refractivity contribution >= 4 is 38.7 Å². The van der Waals surface area contributed by atoms with Crippen LogP contribution in [-0.4, -0.2) is 43.2 Å². The fraction of sp³-hybridized carbons (Fsp3) is 0.900. The fourth-order valence-electron chi connectivity index (χ4n) is 1.89. The molecule has 0 aromatic heterocycles. The van der Waals surface area contributed by atoms with Crippen LogP contribution in [0.4, 0.5) is 0 Å². The maximum Gasteiger partial charge on any atom is 0.263 e. The molecular weight excluding hydrogens is 308 g/mol. The molecule has 0 spiro atoms. The Bertz CT molecular complexity index is 357. The van der Waals surface area contributed by atoms with Crippen LogP contribution < -0.4 is 5.73 Å². The van der Waals surface area contributed by atoms with Gasteiger partial charge < -0.3 is 10.8 Å². The molecule has 0 aromatic rings. The minimum atomic E-state index is -3.83. The Morgan fingerprint density at radius 1 is 1.32 bits per heavy atom. The maximum atomic E-state index is 9.11. The number of hydrogen-bond donors (Lipinski definition) is 5. The van der Waals surface area contributed by atoms with E-state index < -0.39 is 9.05 Å². The second-order valence-electron chi connectivity index (χ2n) is 4.51. The molecule has 0 radical (unpaired) electrons. The average molecular weight is 330 g/mol. The van der Waals surface area contributed by atoms with Gasteiger partial charge in [-0.05, 0) is 37.5 Å². The molecule has 114 valence electrons. The van der Waals surface area contributed by atoms with E-state index in [0.717, 1.165) is 19.4 Å². The number of aliphatic hydroxyl groups is 1. The predicted octanol–water partition coefficient (Wildman–Crippen LogP) is 0.751. The number of amidine groups is 1. The minimum Gasteiger partial charge on any atom is -0.396 e. The van der Waals surface area contributed by atoms with E-state index in [9.17, 15) is 0 Å². The highest BCUT2D eigenvalue weighted by molar-refractivity contribution is 8.26. The minimum absolute atomic E-state index is 0.342. The predicted molar refractivity (Wildman–Crippen MR) is 83.6 cm³/mol. The van der Waals surface area contributed by atoms with Crippen LogP contribution in [0.25, 0.3) is 0 Å². The topological polar surface area (TPSA) is 116 Å². The van der Waals surface area contributed by atoms with E-state index in [1.54, 1.807) is 0 Å². The number of hydrogen-bond acceptors (Lipinski definition) is 5. The molecule has 5 N–H and O–H groups in total. The Morgan fingerprint density at radius 3 is 2.11 bits per heavy atom. The summed E-state index contributed by atoms with van der Waals surface area (Å²) < 4.78 is 24.0. The van der Waals surface area contributed by atoms with E-state index in [1.165, 1.54) is 12.8 Å². The third-order valence-electron chi connectivity index (χ3n) is 2.94. The Morgan fingerprint density at radius 2 is 1.74 bits per heavy atom. The van der Waals surface area contributed by atoms with Crippen molar-refractivity contribution in [3.05, 3.63) is 0 Å². The van der Waals surface area contributed by atoms with Crippen molar-refractivity contribution < 1.29 is 18.4 Å². The molecular formula is C10H22N2O4S3. The summed E-state index contributed by atoms with van der Waals surface area (Å²) in [6.07, 6.45) is 4.62. The molecule has 1 aliphatic rings. The van der Waals surface area contributed by atoms with E-state index >= 15 is 0 Å². The van der Waals surface area contributed by atoms with Crippen molar-refractivity contribution in [1.29, 1.82) is 0 Å². The van der Waals surface area contributed by atoms with Crippen LogP contribution >= 0.6 is 12.6 Å². The molecule has 0 aliphatic heterocycles. The smallest absolute Gasteiger partial charge is 0.263 e. The monoisotopic (exact) mass is 330 g/mol. The van der Waals surface area contributed by atoms with Crippen LogP contribution in [0, 0.1) is 11.8 Å². The molecule has 1 fully saturated rings. The first-order valence-electron chi connectivity index (χ1n) is 5.96. The SMILES string of the molecule is NC(CS)=NCC1CCC(CO)CC1.O=S(O)(O)=S. The second-order valence-corrected chi connectivity index (χ2v) is 7.02. The molecule has 1 aliphatic carbocycles. The number of aliphatic hydroxyl groups excluding tert-OH is 1. The lowest BCUT2D eigenvalue weighted by Crippen LogP contribution is -2.21. The van der Waals surface area contributed by atoms with Crippen molar-refractivity contribution in [1.82, 2.24) is 0 Å². The van der Waals surface area contributed by atoms with Crippen LogP contribution in [0.2, 0.25) is 0 Å². The zero-order chi connectivity index (χ0) is 14.9. The lowest BCUT2D eigenvalue weighted by atomic mass is 9.82. The fourth-order valence-corrected chi connectivity index (χ4v) is 1.99. The lowest BCUT2D eigenvalue weighted by molar-refractivity contribution is 0.169. The highest BCUT2D eigenvalue weighted by Gasteiger charge is 2.19. The summed E-state index contributed by atoms with van der Waals surface area (Å²) in [5.41, 5.74) is 5.58. The Labute approximate surface area is 124 Å². The van der Waals surface area contributed by atoms with Gasteiger partial charge >= 0.3 is 0 Å². The standard InChI is InChI=1S/C10H20N2OS.H2O3S2/c11-10(7-14)12-5-8-1-3-9(6-13)4-2-8;1-5(2,3)4/h8-9,13-14H,1-7H2,(H2,11,12);(H2,1,2,3,4). The molecule has 0 saturated heterocycles. The molecule has 0 aromatic carbocycles. The number of rotatable bonds is 4. The van der Waals surface area contributed by atoms with Crippen LogP contribution in [0.15, 0.2) is 4.99 Å². The van der Waals surface area contributed by atoms with Crippen molar-refractivity contribution in [3.63, 3.8) is 0 Å². The summed E-state index contributed by atoms with van der Waals surface area (Å²) >= 11 is 7.52. The molecule has 0 unspecified atom stereocenters. The van der Waals surface area contributed by atoms with Crippen molar-refractivity contribution in [2.24, 2.45) is 22.6 Å². The van der Waals surface area contributed by atoms with Crippen molar-refractivity contribution in [2.75, 3.05) is 18.9 Å². The van der Waals surface area contributed by atoms with Crippen LogP contribution in [-0.2, 0) is 20.2 Å². The van der Waals surface area contributed by atoms with Crippen LogP contribution in [0.1, 0.15) is 25.7 Å². The first kappa shape index (κ1) is 19.1. The summed E-state index contributed by atoms with van der Waals surface area (Å²) in [7, 11) is -3.83. The quantitative estimate of drug-likeness (QED) is 0.295. The van der Waals surface area contributed by atoms with Gasteiger partial charge in [-0.25, -0.2) is 0 Å². The van der Waals surface area contributed by atoms with Crippen molar-refractivity contribution in [2.45, 2.75) is 25.7 Å². The molecule has 1 saturated carbocycles. The van der Waals surface area contributed by atoms with E-state index in [4.69, 9.17) is 24.2 Å². The van der Waals surface area contributed by atoms with Crippen molar-refractivity contribution in [3.8, 4) is 0 Å². The van der Waals surface area contributed by atoms with E-state index in [1.807, 2.05) is 0 Å². The molecule has 0 bridgehead atoms. The van der Waals surface area contributed by atoms with Gasteiger partial charge in [-0.3, -0.25) is 14.1 Å². The molecule has 0 amide bonds. The van der Waals surface area contributed by atoms with E-state index in [0.29, 0.717) is 30.0 Å². The second kappa shape index (κ2) is 9.89. The molecule has 0 heterocycles. The van der Waals surface area contributed by atoms with Gasteiger partial charge in [0.25, 0.3) is 9.05 Å². The molecule has 19 heavy (non-hydrogen) atoms.